The Bertz CT molecular complexity index is 772. The summed E-state index contributed by atoms with van der Waals surface area (Å²) >= 11 is 0. The van der Waals surface area contributed by atoms with E-state index in [1.165, 1.54) is 12.1 Å². The lowest BCUT2D eigenvalue weighted by atomic mass is 9.87. The van der Waals surface area contributed by atoms with Crippen LogP contribution in [0.15, 0.2) is 42.5 Å². The largest absolute Gasteiger partial charge is 0.454 e. The van der Waals surface area contributed by atoms with Crippen LogP contribution in [0.1, 0.15) is 21.5 Å². The maximum atomic E-state index is 12.5. The van der Waals surface area contributed by atoms with Gasteiger partial charge in [0, 0.05) is 28.4 Å². The minimum Gasteiger partial charge on any atom is -0.454 e. The van der Waals surface area contributed by atoms with Crippen LogP contribution in [0.3, 0.4) is 0 Å². The number of rotatable bonds is 0. The molecule has 2 aromatic rings. The summed E-state index contributed by atoms with van der Waals surface area (Å²) in [7, 11) is 0. The monoisotopic (exact) mass is 269 g/mol. The van der Waals surface area contributed by atoms with Gasteiger partial charge in [-0.05, 0) is 12.1 Å². The minimum absolute atomic E-state index is 0.220. The number of Topliss-reactive ketones (excluding diaryl/α,β-unsaturated/α-hetero) is 1. The minimum atomic E-state index is -2.13. The fourth-order valence-electron chi connectivity index (χ4n) is 3.04. The molecule has 100 valence electrons. The highest BCUT2D eigenvalue weighted by molar-refractivity contribution is 6.09. The van der Waals surface area contributed by atoms with Crippen molar-refractivity contribution in [2.24, 2.45) is 0 Å². The number of hydrogen-bond donors (Lipinski definition) is 3. The first-order chi connectivity index (χ1) is 9.48. The first kappa shape index (κ1) is 11.5. The molecule has 0 fully saturated rings. The summed E-state index contributed by atoms with van der Waals surface area (Å²) in [5.74, 6) is -2.45. The van der Waals surface area contributed by atoms with E-state index in [0.717, 1.165) is 0 Å². The summed E-state index contributed by atoms with van der Waals surface area (Å²) in [6.45, 7) is 0. The van der Waals surface area contributed by atoms with Crippen molar-refractivity contribution in [1.82, 2.24) is 0 Å². The molecule has 0 saturated carbocycles. The van der Waals surface area contributed by atoms with Gasteiger partial charge in [-0.25, -0.2) is 0 Å². The predicted molar refractivity (Wildman–Crippen MR) is 70.0 cm³/mol. The highest BCUT2D eigenvalue weighted by atomic mass is 16.7. The molecule has 0 radical (unpaired) electrons. The fourth-order valence-corrected chi connectivity index (χ4v) is 3.04. The summed E-state index contributed by atoms with van der Waals surface area (Å²) in [5, 5.41) is 21.6. The predicted octanol–water partition coefficient (Wildman–Crippen LogP) is 0.890. The van der Waals surface area contributed by atoms with Crippen molar-refractivity contribution in [1.29, 1.82) is 0 Å². The lowest BCUT2D eigenvalue weighted by Crippen LogP contribution is -2.48. The van der Waals surface area contributed by atoms with Gasteiger partial charge in [-0.3, -0.25) is 4.79 Å². The molecule has 4 rings (SSSR count). The number of benzene rings is 2. The number of hydrogen-bond acceptors (Lipinski definition) is 5. The fraction of sp³-hybridized carbons (Fsp3) is 0.133. The molecular weight excluding hydrogens is 258 g/mol. The standard InChI is InChI=1S/C15H11NO4/c16-8-5-6-11-12(7-8)20-15(19)10-4-2-1-3-9(10)13(17)14(11,15)18/h1-7,18-19H,16H2/t14-,15-/m1/s1. The molecule has 1 aliphatic carbocycles. The van der Waals surface area contributed by atoms with Crippen molar-refractivity contribution in [3.8, 4) is 5.75 Å². The zero-order chi connectivity index (χ0) is 14.1. The average Bonchev–Trinajstić information content (AvgIpc) is 2.76. The van der Waals surface area contributed by atoms with Gasteiger partial charge in [0.25, 0.3) is 5.79 Å². The number of ether oxygens (including phenoxy) is 1. The third-order valence-electron chi connectivity index (χ3n) is 4.01. The van der Waals surface area contributed by atoms with Crippen LogP contribution in [0.5, 0.6) is 5.75 Å². The molecular formula is C15H11NO4. The zero-order valence-corrected chi connectivity index (χ0v) is 10.3. The molecule has 1 heterocycles. The van der Waals surface area contributed by atoms with Crippen LogP contribution in [-0.4, -0.2) is 16.0 Å². The molecule has 20 heavy (non-hydrogen) atoms. The van der Waals surface area contributed by atoms with Gasteiger partial charge in [-0.2, -0.15) is 0 Å². The molecule has 5 heteroatoms. The zero-order valence-electron chi connectivity index (χ0n) is 10.3. The number of carbonyl (C=O) groups excluding carboxylic acids is 1. The van der Waals surface area contributed by atoms with Crippen molar-refractivity contribution in [3.05, 3.63) is 59.2 Å². The van der Waals surface area contributed by atoms with Gasteiger partial charge in [-0.1, -0.05) is 24.3 Å². The van der Waals surface area contributed by atoms with E-state index >= 15 is 0 Å². The normalized spacial score (nSPS) is 29.6. The van der Waals surface area contributed by atoms with Crippen LogP contribution in [0.2, 0.25) is 0 Å². The van der Waals surface area contributed by atoms with E-state index in [1.807, 2.05) is 0 Å². The molecule has 0 amide bonds. The third-order valence-corrected chi connectivity index (χ3v) is 4.01. The summed E-state index contributed by atoms with van der Waals surface area (Å²) < 4.78 is 5.50. The van der Waals surface area contributed by atoms with Crippen LogP contribution in [-0.2, 0) is 11.4 Å². The van der Waals surface area contributed by atoms with Crippen molar-refractivity contribution >= 4 is 11.5 Å². The Morgan fingerprint density at radius 2 is 1.80 bits per heavy atom. The van der Waals surface area contributed by atoms with Crippen LogP contribution in [0, 0.1) is 0 Å². The van der Waals surface area contributed by atoms with Crippen LogP contribution >= 0.6 is 0 Å². The van der Waals surface area contributed by atoms with E-state index in [0.29, 0.717) is 5.69 Å². The molecule has 2 aromatic carbocycles. The van der Waals surface area contributed by atoms with Gasteiger partial charge in [-0.15, -0.1) is 0 Å². The number of aliphatic hydroxyl groups is 2. The Kier molecular flexibility index (Phi) is 1.83. The smallest absolute Gasteiger partial charge is 0.276 e. The van der Waals surface area contributed by atoms with E-state index in [2.05, 4.69) is 0 Å². The van der Waals surface area contributed by atoms with Crippen LogP contribution < -0.4 is 10.5 Å². The Morgan fingerprint density at radius 1 is 1.05 bits per heavy atom. The van der Waals surface area contributed by atoms with Gasteiger partial charge in [0.05, 0.1) is 0 Å². The number of ketones is 1. The summed E-state index contributed by atoms with van der Waals surface area (Å²) in [6, 6.07) is 11.0. The van der Waals surface area contributed by atoms with E-state index < -0.39 is 17.2 Å². The van der Waals surface area contributed by atoms with Crippen LogP contribution in [0.25, 0.3) is 0 Å². The summed E-state index contributed by atoms with van der Waals surface area (Å²) in [5.41, 5.74) is 4.73. The molecule has 0 spiro atoms. The Labute approximate surface area is 114 Å². The molecule has 0 aromatic heterocycles. The highest BCUT2D eigenvalue weighted by Crippen LogP contribution is 2.58. The topological polar surface area (TPSA) is 92.8 Å². The maximum absolute atomic E-state index is 12.5. The van der Waals surface area contributed by atoms with Crippen molar-refractivity contribution < 1.29 is 19.7 Å². The first-order valence-electron chi connectivity index (χ1n) is 6.16. The lowest BCUT2D eigenvalue weighted by Gasteiger charge is -2.28. The molecule has 1 aliphatic heterocycles. The number of nitrogens with two attached hydrogens (primary N) is 1. The molecule has 2 atom stereocenters. The molecule has 5 nitrogen and oxygen atoms in total. The quantitative estimate of drug-likeness (QED) is 0.618. The Morgan fingerprint density at radius 3 is 2.60 bits per heavy atom. The Hall–Kier alpha value is -2.37. The summed E-state index contributed by atoms with van der Waals surface area (Å²) in [6.07, 6.45) is 0. The number of fused-ring (bicyclic) bond motifs is 5. The van der Waals surface area contributed by atoms with Gasteiger partial charge in [0.15, 0.2) is 0 Å². The van der Waals surface area contributed by atoms with Crippen molar-refractivity contribution in [2.45, 2.75) is 11.4 Å². The van der Waals surface area contributed by atoms with E-state index in [9.17, 15) is 15.0 Å². The SMILES string of the molecule is Nc1ccc2c(c1)O[C@]1(O)c3ccccc3C(=O)[C@]21O. The second kappa shape index (κ2) is 3.20. The van der Waals surface area contributed by atoms with E-state index in [4.69, 9.17) is 10.5 Å². The van der Waals surface area contributed by atoms with Gasteiger partial charge in [0.2, 0.25) is 11.4 Å². The maximum Gasteiger partial charge on any atom is 0.276 e. The number of nitrogen functional groups attached to an aromatic ring is 1. The van der Waals surface area contributed by atoms with E-state index in [-0.39, 0.29) is 22.4 Å². The highest BCUT2D eigenvalue weighted by Gasteiger charge is 2.70. The van der Waals surface area contributed by atoms with Crippen molar-refractivity contribution in [3.63, 3.8) is 0 Å². The second-order valence-corrected chi connectivity index (χ2v) is 5.09. The van der Waals surface area contributed by atoms with Crippen LogP contribution in [0.4, 0.5) is 5.69 Å². The first-order valence-corrected chi connectivity index (χ1v) is 6.16. The number of carbonyl (C=O) groups is 1. The molecule has 0 unspecified atom stereocenters. The second-order valence-electron chi connectivity index (χ2n) is 5.09. The lowest BCUT2D eigenvalue weighted by molar-refractivity contribution is -0.224. The molecule has 4 N–H and O–H groups in total. The van der Waals surface area contributed by atoms with Gasteiger partial charge in [0.1, 0.15) is 5.75 Å². The molecule has 2 aliphatic rings. The van der Waals surface area contributed by atoms with Gasteiger partial charge >= 0.3 is 0 Å². The average molecular weight is 269 g/mol. The third kappa shape index (κ3) is 1.01. The Balaban J connectivity index is 2.05. The van der Waals surface area contributed by atoms with E-state index in [1.54, 1.807) is 30.3 Å². The van der Waals surface area contributed by atoms with Crippen molar-refractivity contribution in [2.75, 3.05) is 5.73 Å². The summed E-state index contributed by atoms with van der Waals surface area (Å²) in [4.78, 5) is 12.5. The van der Waals surface area contributed by atoms with Gasteiger partial charge < -0.3 is 20.7 Å². The molecule has 0 saturated heterocycles. The number of anilines is 1. The molecule has 0 bridgehead atoms.